The molecule has 2 N–H and O–H groups in total. The summed E-state index contributed by atoms with van der Waals surface area (Å²) in [5, 5.41) is 5.31. The van der Waals surface area contributed by atoms with Crippen LogP contribution in [0.3, 0.4) is 0 Å². The molecule has 2 rings (SSSR count). The molecule has 2 aromatic rings. The molecule has 2 amide bonds. The first-order chi connectivity index (χ1) is 10.2. The SMILES string of the molecule is CCOC(=O)c1ccc(NC(=O)NCc2ccco2)cc1. The van der Waals surface area contributed by atoms with Crippen LogP contribution in [0.5, 0.6) is 0 Å². The van der Waals surface area contributed by atoms with Crippen molar-refractivity contribution in [3.63, 3.8) is 0 Å². The van der Waals surface area contributed by atoms with Crippen molar-refractivity contribution in [1.82, 2.24) is 5.32 Å². The number of hydrogen-bond acceptors (Lipinski definition) is 4. The zero-order chi connectivity index (χ0) is 15.1. The molecule has 110 valence electrons. The van der Waals surface area contributed by atoms with Gasteiger partial charge >= 0.3 is 12.0 Å². The fourth-order valence-electron chi connectivity index (χ4n) is 1.66. The summed E-state index contributed by atoms with van der Waals surface area (Å²) in [4.78, 5) is 23.2. The van der Waals surface area contributed by atoms with Crippen molar-refractivity contribution in [1.29, 1.82) is 0 Å². The predicted molar refractivity (Wildman–Crippen MR) is 77.0 cm³/mol. The van der Waals surface area contributed by atoms with Gasteiger partial charge in [-0.2, -0.15) is 0 Å². The van der Waals surface area contributed by atoms with Crippen molar-refractivity contribution in [2.75, 3.05) is 11.9 Å². The van der Waals surface area contributed by atoms with Crippen molar-refractivity contribution in [3.8, 4) is 0 Å². The van der Waals surface area contributed by atoms with Gasteiger partial charge in [-0.15, -0.1) is 0 Å². The number of ether oxygens (including phenoxy) is 1. The molecule has 6 heteroatoms. The smallest absolute Gasteiger partial charge is 0.338 e. The molecule has 0 bridgehead atoms. The Labute approximate surface area is 122 Å². The van der Waals surface area contributed by atoms with Crippen molar-refractivity contribution in [3.05, 3.63) is 54.0 Å². The van der Waals surface area contributed by atoms with E-state index in [4.69, 9.17) is 9.15 Å². The Morgan fingerprint density at radius 2 is 1.95 bits per heavy atom. The highest BCUT2D eigenvalue weighted by Crippen LogP contribution is 2.10. The molecule has 0 aliphatic carbocycles. The van der Waals surface area contributed by atoms with Gasteiger partial charge in [0.25, 0.3) is 0 Å². The summed E-state index contributed by atoms with van der Waals surface area (Å²) < 4.78 is 9.99. The maximum atomic E-state index is 11.7. The molecule has 0 aliphatic rings. The summed E-state index contributed by atoms with van der Waals surface area (Å²) in [6.07, 6.45) is 1.54. The normalized spacial score (nSPS) is 9.95. The number of rotatable bonds is 5. The number of amides is 2. The van der Waals surface area contributed by atoms with Crippen molar-refractivity contribution >= 4 is 17.7 Å². The summed E-state index contributed by atoms with van der Waals surface area (Å²) in [7, 11) is 0. The molecule has 1 aromatic carbocycles. The van der Waals surface area contributed by atoms with Crippen LogP contribution in [0.1, 0.15) is 23.0 Å². The number of benzene rings is 1. The highest BCUT2D eigenvalue weighted by molar-refractivity contribution is 5.92. The van der Waals surface area contributed by atoms with Gasteiger partial charge < -0.3 is 19.8 Å². The Kier molecular flexibility index (Phi) is 4.98. The molecule has 1 aromatic heterocycles. The van der Waals surface area contributed by atoms with Gasteiger partial charge in [0.2, 0.25) is 0 Å². The number of esters is 1. The van der Waals surface area contributed by atoms with Crippen LogP contribution in [0.15, 0.2) is 47.1 Å². The molecule has 21 heavy (non-hydrogen) atoms. The van der Waals surface area contributed by atoms with Crippen LogP contribution in [0.25, 0.3) is 0 Å². The third-order valence-corrected chi connectivity index (χ3v) is 2.66. The summed E-state index contributed by atoms with van der Waals surface area (Å²) in [5.41, 5.74) is 1.03. The Hall–Kier alpha value is -2.76. The zero-order valence-corrected chi connectivity index (χ0v) is 11.6. The Bertz CT molecular complexity index is 591. The van der Waals surface area contributed by atoms with E-state index in [9.17, 15) is 9.59 Å². The number of hydrogen-bond donors (Lipinski definition) is 2. The van der Waals surface area contributed by atoms with Crippen LogP contribution in [0.4, 0.5) is 10.5 Å². The molecule has 0 aliphatic heterocycles. The molecule has 0 radical (unpaired) electrons. The van der Waals surface area contributed by atoms with Crippen molar-refractivity contribution < 1.29 is 18.7 Å². The van der Waals surface area contributed by atoms with Gasteiger partial charge in [-0.25, -0.2) is 9.59 Å². The highest BCUT2D eigenvalue weighted by atomic mass is 16.5. The van der Waals surface area contributed by atoms with Gasteiger partial charge in [-0.05, 0) is 43.3 Å². The number of carbonyl (C=O) groups excluding carboxylic acids is 2. The van der Waals surface area contributed by atoms with Crippen LogP contribution in [0, 0.1) is 0 Å². The van der Waals surface area contributed by atoms with E-state index in [0.717, 1.165) is 0 Å². The largest absolute Gasteiger partial charge is 0.467 e. The van der Waals surface area contributed by atoms with E-state index >= 15 is 0 Å². The molecule has 0 saturated heterocycles. The topological polar surface area (TPSA) is 80.6 Å². The molecule has 0 spiro atoms. The molecule has 1 heterocycles. The van der Waals surface area contributed by atoms with Crippen molar-refractivity contribution in [2.45, 2.75) is 13.5 Å². The van der Waals surface area contributed by atoms with Gasteiger partial charge in [0.15, 0.2) is 0 Å². The minimum atomic E-state index is -0.383. The van der Waals surface area contributed by atoms with Gasteiger partial charge in [-0.1, -0.05) is 0 Å². The van der Waals surface area contributed by atoms with E-state index in [-0.39, 0.29) is 12.0 Å². The number of carbonyl (C=O) groups is 2. The average molecular weight is 288 g/mol. The standard InChI is InChI=1S/C15H16N2O4/c1-2-20-14(18)11-5-7-12(8-6-11)17-15(19)16-10-13-4-3-9-21-13/h3-9H,2,10H2,1H3,(H2,16,17,19). The monoisotopic (exact) mass is 288 g/mol. The van der Waals surface area contributed by atoms with E-state index in [1.807, 2.05) is 0 Å². The molecule has 6 nitrogen and oxygen atoms in total. The van der Waals surface area contributed by atoms with E-state index in [2.05, 4.69) is 10.6 Å². The molecule has 0 fully saturated rings. The molecular weight excluding hydrogens is 272 g/mol. The van der Waals surface area contributed by atoms with E-state index in [1.54, 1.807) is 49.6 Å². The van der Waals surface area contributed by atoms with Crippen LogP contribution in [-0.4, -0.2) is 18.6 Å². The Morgan fingerprint density at radius 1 is 1.19 bits per heavy atom. The Balaban J connectivity index is 1.85. The maximum absolute atomic E-state index is 11.7. The van der Waals surface area contributed by atoms with Crippen LogP contribution < -0.4 is 10.6 Å². The van der Waals surface area contributed by atoms with Crippen LogP contribution in [0.2, 0.25) is 0 Å². The van der Waals surface area contributed by atoms with Crippen molar-refractivity contribution in [2.24, 2.45) is 0 Å². The van der Waals surface area contributed by atoms with Gasteiger partial charge in [-0.3, -0.25) is 0 Å². The summed E-state index contributed by atoms with van der Waals surface area (Å²) in [5.74, 6) is 0.286. The molecule has 0 atom stereocenters. The molecule has 0 saturated carbocycles. The van der Waals surface area contributed by atoms with Gasteiger partial charge in [0, 0.05) is 5.69 Å². The molecule has 0 unspecified atom stereocenters. The fourth-order valence-corrected chi connectivity index (χ4v) is 1.66. The second-order valence-electron chi connectivity index (χ2n) is 4.18. The maximum Gasteiger partial charge on any atom is 0.338 e. The lowest BCUT2D eigenvalue weighted by Gasteiger charge is -2.07. The minimum absolute atomic E-state index is 0.305. The summed E-state index contributed by atoms with van der Waals surface area (Å²) in [6.45, 7) is 2.38. The minimum Gasteiger partial charge on any atom is -0.467 e. The van der Waals surface area contributed by atoms with Gasteiger partial charge in [0.1, 0.15) is 5.76 Å². The lowest BCUT2D eigenvalue weighted by atomic mass is 10.2. The Morgan fingerprint density at radius 3 is 2.57 bits per heavy atom. The van der Waals surface area contributed by atoms with Crippen LogP contribution in [-0.2, 0) is 11.3 Å². The number of anilines is 1. The average Bonchev–Trinajstić information content (AvgIpc) is 2.99. The fraction of sp³-hybridized carbons (Fsp3) is 0.200. The number of nitrogens with one attached hydrogen (secondary N) is 2. The van der Waals surface area contributed by atoms with E-state index < -0.39 is 0 Å². The lowest BCUT2D eigenvalue weighted by Crippen LogP contribution is -2.27. The van der Waals surface area contributed by atoms with E-state index in [1.165, 1.54) is 0 Å². The second kappa shape index (κ2) is 7.14. The number of furan rings is 1. The second-order valence-corrected chi connectivity index (χ2v) is 4.18. The summed E-state index contributed by atoms with van der Waals surface area (Å²) in [6, 6.07) is 9.64. The number of urea groups is 1. The quantitative estimate of drug-likeness (QED) is 0.829. The molecular formula is C15H16N2O4. The first kappa shape index (κ1) is 14.6. The van der Waals surface area contributed by atoms with Crippen LogP contribution >= 0.6 is 0 Å². The predicted octanol–water partition coefficient (Wildman–Crippen LogP) is 2.78. The third kappa shape index (κ3) is 4.38. The lowest BCUT2D eigenvalue weighted by molar-refractivity contribution is 0.0526. The summed E-state index contributed by atoms with van der Waals surface area (Å²) >= 11 is 0. The third-order valence-electron chi connectivity index (χ3n) is 2.66. The highest BCUT2D eigenvalue weighted by Gasteiger charge is 2.07. The first-order valence-electron chi connectivity index (χ1n) is 6.53. The van der Waals surface area contributed by atoms with Gasteiger partial charge in [0.05, 0.1) is 25.0 Å². The van der Waals surface area contributed by atoms with E-state index in [0.29, 0.717) is 30.2 Å². The first-order valence-corrected chi connectivity index (χ1v) is 6.53. The zero-order valence-electron chi connectivity index (χ0n) is 11.6.